The Morgan fingerprint density at radius 1 is 1.23 bits per heavy atom. The van der Waals surface area contributed by atoms with Crippen molar-refractivity contribution in [2.45, 2.75) is 38.1 Å². The highest BCUT2D eigenvalue weighted by Crippen LogP contribution is 2.33. The molecule has 1 aliphatic carbocycles. The Hall–Kier alpha value is -2.51. The lowest BCUT2D eigenvalue weighted by Crippen LogP contribution is -2.40. The fourth-order valence-corrected chi connectivity index (χ4v) is 4.81. The van der Waals surface area contributed by atoms with Crippen LogP contribution in [0.1, 0.15) is 36.1 Å². The van der Waals surface area contributed by atoms with Gasteiger partial charge < -0.3 is 4.98 Å². The van der Waals surface area contributed by atoms with Crippen molar-refractivity contribution in [1.29, 1.82) is 0 Å². The number of nitrogens with one attached hydrogen (secondary N) is 2. The summed E-state index contributed by atoms with van der Waals surface area (Å²) < 4.78 is 31.5. The van der Waals surface area contributed by atoms with Crippen molar-refractivity contribution in [3.63, 3.8) is 0 Å². The summed E-state index contributed by atoms with van der Waals surface area (Å²) in [5.41, 5.74) is 3.27. The fourth-order valence-electron chi connectivity index (χ4n) is 4.15. The van der Waals surface area contributed by atoms with Crippen LogP contribution >= 0.6 is 11.9 Å². The molecular formula is C23H23F2N3OS. The Labute approximate surface area is 178 Å². The molecule has 0 spiro atoms. The molecule has 2 N–H and O–H groups in total. The van der Waals surface area contributed by atoms with Crippen LogP contribution in [0.3, 0.4) is 0 Å². The van der Waals surface area contributed by atoms with Gasteiger partial charge in [-0.1, -0.05) is 55.3 Å². The van der Waals surface area contributed by atoms with Gasteiger partial charge >= 0.3 is 0 Å². The van der Waals surface area contributed by atoms with Gasteiger partial charge in [-0.15, -0.1) is 0 Å². The number of aromatic amines is 1. The van der Waals surface area contributed by atoms with E-state index in [1.165, 1.54) is 12.4 Å². The maximum atomic E-state index is 14.3. The first-order chi connectivity index (χ1) is 14.6. The van der Waals surface area contributed by atoms with Gasteiger partial charge in [0.2, 0.25) is 0 Å². The molecule has 2 atom stereocenters. The van der Waals surface area contributed by atoms with E-state index in [2.05, 4.69) is 21.6 Å². The first kappa shape index (κ1) is 20.8. The second-order valence-corrected chi connectivity index (χ2v) is 8.50. The smallest absolute Gasteiger partial charge is 0.254 e. The number of nitrogens with zero attached hydrogens (tertiary/aromatic N) is 1. The highest BCUT2D eigenvalue weighted by molar-refractivity contribution is 7.97. The molecule has 0 saturated heterocycles. The normalized spacial score (nSPS) is 18.2. The molecule has 0 aliphatic heterocycles. The predicted octanol–water partition coefficient (Wildman–Crippen LogP) is 4.61. The molecule has 3 aromatic rings. The quantitative estimate of drug-likeness (QED) is 0.564. The van der Waals surface area contributed by atoms with Crippen molar-refractivity contribution >= 4 is 11.9 Å². The molecule has 4 rings (SSSR count). The molecule has 0 unspecified atom stereocenters. The number of hydrogen-bond donors (Lipinski definition) is 2. The number of fused-ring (bicyclic) bond motifs is 1. The predicted molar refractivity (Wildman–Crippen MR) is 116 cm³/mol. The van der Waals surface area contributed by atoms with Crippen molar-refractivity contribution in [1.82, 2.24) is 14.7 Å². The van der Waals surface area contributed by atoms with E-state index in [1.807, 2.05) is 18.2 Å². The van der Waals surface area contributed by atoms with Crippen molar-refractivity contribution in [2.75, 3.05) is 5.75 Å². The molecule has 7 heteroatoms. The first-order valence-corrected chi connectivity index (χ1v) is 11.0. The van der Waals surface area contributed by atoms with Gasteiger partial charge in [0.25, 0.3) is 5.56 Å². The Bertz CT molecular complexity index is 1100. The standard InChI is InChI=1S/C23H23F2N3OS/c1-2-30-28-19-9-10-20-21(23(29)27-13-26-20)17(19)12-14-5-3-6-15(11-14)16-7-4-8-18(24)22(16)25/h3-8,11,13,17,19,28H,2,9-10,12H2,1H3,(H,26,27,29)/t17-,19-/m0/s1. The maximum absolute atomic E-state index is 14.3. The fraction of sp³-hybridized carbons (Fsp3) is 0.304. The van der Waals surface area contributed by atoms with Gasteiger partial charge in [0.05, 0.1) is 12.0 Å². The summed E-state index contributed by atoms with van der Waals surface area (Å²) in [7, 11) is 0. The average molecular weight is 428 g/mol. The first-order valence-electron chi connectivity index (χ1n) is 10.1. The van der Waals surface area contributed by atoms with Gasteiger partial charge in [-0.25, -0.2) is 13.8 Å². The number of rotatable bonds is 6. The molecular weight excluding hydrogens is 404 g/mol. The number of halogens is 2. The Kier molecular flexibility index (Phi) is 6.29. The zero-order valence-electron chi connectivity index (χ0n) is 16.6. The Balaban J connectivity index is 1.70. The van der Waals surface area contributed by atoms with Crippen LogP contribution in [0.2, 0.25) is 0 Å². The van der Waals surface area contributed by atoms with E-state index in [1.54, 1.807) is 24.1 Å². The van der Waals surface area contributed by atoms with E-state index in [0.29, 0.717) is 12.0 Å². The molecule has 4 nitrogen and oxygen atoms in total. The minimum atomic E-state index is -0.863. The molecule has 30 heavy (non-hydrogen) atoms. The second-order valence-electron chi connectivity index (χ2n) is 7.40. The lowest BCUT2D eigenvalue weighted by atomic mass is 9.79. The van der Waals surface area contributed by atoms with Gasteiger partial charge in [0.15, 0.2) is 11.6 Å². The number of aryl methyl sites for hydroxylation is 1. The van der Waals surface area contributed by atoms with Crippen LogP contribution in [-0.2, 0) is 12.8 Å². The zero-order chi connectivity index (χ0) is 21.1. The number of benzene rings is 2. The zero-order valence-corrected chi connectivity index (χ0v) is 17.4. The van der Waals surface area contributed by atoms with E-state index in [-0.39, 0.29) is 23.1 Å². The van der Waals surface area contributed by atoms with Crippen molar-refractivity contribution < 1.29 is 8.78 Å². The third-order valence-electron chi connectivity index (χ3n) is 5.54. The van der Waals surface area contributed by atoms with Crippen LogP contribution in [0.5, 0.6) is 0 Å². The molecule has 0 amide bonds. The van der Waals surface area contributed by atoms with Crippen LogP contribution in [0.25, 0.3) is 11.1 Å². The van der Waals surface area contributed by atoms with E-state index in [4.69, 9.17) is 0 Å². The second kappa shape index (κ2) is 9.10. The number of H-pyrrole nitrogens is 1. The summed E-state index contributed by atoms with van der Waals surface area (Å²) in [6.07, 6.45) is 3.71. The van der Waals surface area contributed by atoms with Crippen molar-refractivity contribution in [3.8, 4) is 11.1 Å². The summed E-state index contributed by atoms with van der Waals surface area (Å²) in [4.78, 5) is 19.7. The highest BCUT2D eigenvalue weighted by atomic mass is 32.2. The van der Waals surface area contributed by atoms with Crippen LogP contribution < -0.4 is 10.3 Å². The number of aromatic nitrogens is 2. The summed E-state index contributed by atoms with van der Waals surface area (Å²) in [6.45, 7) is 2.08. The van der Waals surface area contributed by atoms with Gasteiger partial charge in [-0.2, -0.15) is 0 Å². The molecule has 0 radical (unpaired) electrons. The van der Waals surface area contributed by atoms with Gasteiger partial charge in [0, 0.05) is 28.8 Å². The van der Waals surface area contributed by atoms with Gasteiger partial charge in [0.1, 0.15) is 0 Å². The summed E-state index contributed by atoms with van der Waals surface area (Å²) in [5.74, 6) is -0.846. The molecule has 0 saturated carbocycles. The minimum Gasteiger partial charge on any atom is -0.313 e. The van der Waals surface area contributed by atoms with Crippen LogP contribution in [-0.4, -0.2) is 21.8 Å². The third-order valence-corrected chi connectivity index (χ3v) is 6.30. The average Bonchev–Trinajstić information content (AvgIpc) is 2.75. The topological polar surface area (TPSA) is 57.8 Å². The summed E-state index contributed by atoms with van der Waals surface area (Å²) >= 11 is 1.64. The van der Waals surface area contributed by atoms with E-state index >= 15 is 0 Å². The lowest BCUT2D eigenvalue weighted by Gasteiger charge is -2.32. The minimum absolute atomic E-state index is 0.0575. The van der Waals surface area contributed by atoms with Crippen molar-refractivity contribution in [3.05, 3.63) is 87.6 Å². The summed E-state index contributed by atoms with van der Waals surface area (Å²) in [6, 6.07) is 11.8. The molecule has 1 aromatic heterocycles. The van der Waals surface area contributed by atoms with Gasteiger partial charge in [-0.05, 0) is 36.5 Å². The van der Waals surface area contributed by atoms with Crippen LogP contribution in [0.15, 0.2) is 53.6 Å². The van der Waals surface area contributed by atoms with E-state index in [0.717, 1.165) is 41.5 Å². The highest BCUT2D eigenvalue weighted by Gasteiger charge is 2.32. The van der Waals surface area contributed by atoms with E-state index < -0.39 is 11.6 Å². The summed E-state index contributed by atoms with van der Waals surface area (Å²) in [5, 5.41) is 0. The van der Waals surface area contributed by atoms with Gasteiger partial charge in [-0.3, -0.25) is 9.52 Å². The largest absolute Gasteiger partial charge is 0.313 e. The van der Waals surface area contributed by atoms with Crippen LogP contribution in [0.4, 0.5) is 8.78 Å². The van der Waals surface area contributed by atoms with Crippen LogP contribution in [0, 0.1) is 11.6 Å². The lowest BCUT2D eigenvalue weighted by molar-refractivity contribution is 0.435. The molecule has 1 heterocycles. The molecule has 1 aliphatic rings. The molecule has 2 aromatic carbocycles. The van der Waals surface area contributed by atoms with Crippen molar-refractivity contribution in [2.24, 2.45) is 0 Å². The molecule has 0 bridgehead atoms. The van der Waals surface area contributed by atoms with E-state index in [9.17, 15) is 13.6 Å². The maximum Gasteiger partial charge on any atom is 0.254 e. The molecule has 156 valence electrons. The number of hydrogen-bond acceptors (Lipinski definition) is 4. The monoisotopic (exact) mass is 427 g/mol. The Morgan fingerprint density at radius 2 is 2.07 bits per heavy atom. The third kappa shape index (κ3) is 4.18. The SMILES string of the molecule is CCSN[C@H]1CCc2nc[nH]c(=O)c2[C@H]1Cc1cccc(-c2cccc(F)c2F)c1. The molecule has 0 fully saturated rings. The Morgan fingerprint density at radius 3 is 2.90 bits per heavy atom.